The Morgan fingerprint density at radius 3 is 2.41 bits per heavy atom. The number of rotatable bonds is 4. The normalized spacial score (nSPS) is 36.8. The standard InChI is InChI=1S/C20H35NO/c1-12(2)10-16-18(20(16,6)7)19(22)21-17-11-14(5)8-9-15(17)13(3)4/h10,13-18H,8-9,11H2,1-7H3,(H,21,22)/t14-,15+,16+,17+,18+/m1/s1. The van der Waals surface area contributed by atoms with Crippen molar-refractivity contribution in [3.8, 4) is 0 Å². The molecule has 22 heavy (non-hydrogen) atoms. The molecule has 2 heteroatoms. The second-order valence-corrected chi connectivity index (χ2v) is 9.01. The lowest BCUT2D eigenvalue weighted by atomic mass is 9.74. The Bertz CT molecular complexity index is 445. The Morgan fingerprint density at radius 2 is 1.86 bits per heavy atom. The number of allylic oxidation sites excluding steroid dienone is 2. The van der Waals surface area contributed by atoms with E-state index in [1.807, 2.05) is 0 Å². The first-order valence-electron chi connectivity index (χ1n) is 9.10. The first-order chi connectivity index (χ1) is 10.1. The summed E-state index contributed by atoms with van der Waals surface area (Å²) in [5.74, 6) is 2.89. The number of nitrogens with one attached hydrogen (secondary N) is 1. The number of hydrogen-bond acceptors (Lipinski definition) is 1. The zero-order valence-corrected chi connectivity index (χ0v) is 15.6. The van der Waals surface area contributed by atoms with Gasteiger partial charge >= 0.3 is 0 Å². The monoisotopic (exact) mass is 305 g/mol. The molecule has 2 aliphatic rings. The number of amides is 1. The minimum Gasteiger partial charge on any atom is -0.353 e. The topological polar surface area (TPSA) is 29.1 Å². The molecule has 2 fully saturated rings. The molecule has 5 atom stereocenters. The molecule has 0 spiro atoms. The van der Waals surface area contributed by atoms with Gasteiger partial charge in [0.1, 0.15) is 0 Å². The Morgan fingerprint density at radius 1 is 1.23 bits per heavy atom. The molecule has 0 aromatic heterocycles. The average Bonchev–Trinajstić information content (AvgIpc) is 2.89. The fourth-order valence-electron chi connectivity index (χ4n) is 4.49. The Balaban J connectivity index is 2.03. The third-order valence-corrected chi connectivity index (χ3v) is 6.06. The molecule has 0 aromatic carbocycles. The molecule has 0 bridgehead atoms. The predicted molar refractivity (Wildman–Crippen MR) is 93.5 cm³/mol. The largest absolute Gasteiger partial charge is 0.353 e. The van der Waals surface area contributed by atoms with Crippen molar-refractivity contribution >= 4 is 5.91 Å². The van der Waals surface area contributed by atoms with Crippen molar-refractivity contribution in [3.63, 3.8) is 0 Å². The van der Waals surface area contributed by atoms with Crippen molar-refractivity contribution in [2.24, 2.45) is 35.0 Å². The minimum atomic E-state index is 0.120. The molecule has 2 rings (SSSR count). The summed E-state index contributed by atoms with van der Waals surface area (Å²) in [4.78, 5) is 12.8. The first-order valence-corrected chi connectivity index (χ1v) is 9.10. The summed E-state index contributed by atoms with van der Waals surface area (Å²) < 4.78 is 0. The van der Waals surface area contributed by atoms with Crippen molar-refractivity contribution in [2.75, 3.05) is 0 Å². The summed E-state index contributed by atoms with van der Waals surface area (Å²) in [7, 11) is 0. The van der Waals surface area contributed by atoms with Crippen LogP contribution in [0.25, 0.3) is 0 Å². The summed E-state index contributed by atoms with van der Waals surface area (Å²) in [5, 5.41) is 3.43. The lowest BCUT2D eigenvalue weighted by Crippen LogP contribution is -2.46. The SMILES string of the molecule is CC(C)=C[C@H]1[C@@H](C(=O)N[C@H]2C[C@H](C)CC[C@H]2C(C)C)C1(C)C. The van der Waals surface area contributed by atoms with Gasteiger partial charge in [-0.2, -0.15) is 0 Å². The summed E-state index contributed by atoms with van der Waals surface area (Å²) in [6, 6.07) is 0.375. The summed E-state index contributed by atoms with van der Waals surface area (Å²) >= 11 is 0. The van der Waals surface area contributed by atoms with Gasteiger partial charge in [-0.15, -0.1) is 0 Å². The zero-order chi connectivity index (χ0) is 16.7. The quantitative estimate of drug-likeness (QED) is 0.743. The molecular weight excluding hydrogens is 270 g/mol. The molecule has 0 aliphatic heterocycles. The molecule has 2 saturated carbocycles. The summed E-state index contributed by atoms with van der Waals surface area (Å²) in [5.41, 5.74) is 1.44. The van der Waals surface area contributed by atoms with Crippen LogP contribution < -0.4 is 5.32 Å². The molecule has 0 radical (unpaired) electrons. The maximum atomic E-state index is 12.8. The fourth-order valence-corrected chi connectivity index (χ4v) is 4.49. The number of carbonyl (C=O) groups excluding carboxylic acids is 1. The van der Waals surface area contributed by atoms with Gasteiger partial charge in [-0.1, -0.05) is 52.7 Å². The average molecular weight is 306 g/mol. The molecule has 0 unspecified atom stereocenters. The first kappa shape index (κ1) is 17.6. The van der Waals surface area contributed by atoms with E-state index in [9.17, 15) is 4.79 Å². The summed E-state index contributed by atoms with van der Waals surface area (Å²) in [6.45, 7) is 15.6. The third-order valence-electron chi connectivity index (χ3n) is 6.06. The van der Waals surface area contributed by atoms with Gasteiger partial charge in [0.15, 0.2) is 0 Å². The molecule has 0 saturated heterocycles. The third kappa shape index (κ3) is 3.58. The zero-order valence-electron chi connectivity index (χ0n) is 15.6. The van der Waals surface area contributed by atoms with Gasteiger partial charge in [-0.05, 0) is 55.8 Å². The molecule has 0 aromatic rings. The Labute approximate surface area is 137 Å². The second-order valence-electron chi connectivity index (χ2n) is 9.01. The molecule has 0 heterocycles. The maximum absolute atomic E-state index is 12.8. The molecule has 1 amide bonds. The van der Waals surface area contributed by atoms with Crippen molar-refractivity contribution in [3.05, 3.63) is 11.6 Å². The lowest BCUT2D eigenvalue weighted by molar-refractivity contribution is -0.124. The van der Waals surface area contributed by atoms with E-state index in [4.69, 9.17) is 0 Å². The fraction of sp³-hybridized carbons (Fsp3) is 0.850. The van der Waals surface area contributed by atoms with E-state index in [1.165, 1.54) is 18.4 Å². The van der Waals surface area contributed by atoms with Crippen molar-refractivity contribution in [1.82, 2.24) is 5.32 Å². The van der Waals surface area contributed by atoms with Crippen LogP contribution in [-0.2, 0) is 4.79 Å². The van der Waals surface area contributed by atoms with Crippen molar-refractivity contribution in [1.29, 1.82) is 0 Å². The lowest BCUT2D eigenvalue weighted by Gasteiger charge is -2.38. The Hall–Kier alpha value is -0.790. The smallest absolute Gasteiger partial charge is 0.224 e. The van der Waals surface area contributed by atoms with E-state index in [2.05, 4.69) is 59.9 Å². The van der Waals surface area contributed by atoms with Gasteiger partial charge in [-0.3, -0.25) is 4.79 Å². The van der Waals surface area contributed by atoms with Crippen molar-refractivity contribution in [2.45, 2.75) is 73.8 Å². The molecular formula is C20H35NO. The van der Waals surface area contributed by atoms with Crippen LogP contribution in [0.15, 0.2) is 11.6 Å². The number of carbonyl (C=O) groups is 1. The molecule has 2 nitrogen and oxygen atoms in total. The highest BCUT2D eigenvalue weighted by Gasteiger charge is 2.60. The summed E-state index contributed by atoms with van der Waals surface area (Å²) in [6.07, 6.45) is 6.00. The molecule has 126 valence electrons. The molecule has 1 N–H and O–H groups in total. The van der Waals surface area contributed by atoms with E-state index in [0.717, 1.165) is 12.3 Å². The van der Waals surface area contributed by atoms with Crippen LogP contribution in [0.5, 0.6) is 0 Å². The van der Waals surface area contributed by atoms with Crippen LogP contribution in [0.4, 0.5) is 0 Å². The van der Waals surface area contributed by atoms with Gasteiger partial charge in [0, 0.05) is 6.04 Å². The Kier molecular flexibility index (Phi) is 5.09. The van der Waals surface area contributed by atoms with Gasteiger partial charge < -0.3 is 5.32 Å². The highest BCUT2D eigenvalue weighted by molar-refractivity contribution is 5.84. The van der Waals surface area contributed by atoms with Crippen LogP contribution in [-0.4, -0.2) is 11.9 Å². The van der Waals surface area contributed by atoms with Gasteiger partial charge in [0.05, 0.1) is 5.92 Å². The highest BCUT2D eigenvalue weighted by atomic mass is 16.2. The van der Waals surface area contributed by atoms with E-state index < -0.39 is 0 Å². The minimum absolute atomic E-state index is 0.120. The van der Waals surface area contributed by atoms with Crippen LogP contribution in [0, 0.1) is 35.0 Å². The maximum Gasteiger partial charge on any atom is 0.224 e. The van der Waals surface area contributed by atoms with Crippen LogP contribution in [0.2, 0.25) is 0 Å². The van der Waals surface area contributed by atoms with Crippen LogP contribution in [0.1, 0.15) is 67.7 Å². The van der Waals surface area contributed by atoms with Gasteiger partial charge in [-0.25, -0.2) is 0 Å². The highest BCUT2D eigenvalue weighted by Crippen LogP contribution is 2.59. The van der Waals surface area contributed by atoms with Gasteiger partial charge in [0.25, 0.3) is 0 Å². The second kappa shape index (κ2) is 6.37. The molecule has 2 aliphatic carbocycles. The number of hydrogen-bond donors (Lipinski definition) is 1. The van der Waals surface area contributed by atoms with Gasteiger partial charge in [0.2, 0.25) is 5.91 Å². The van der Waals surface area contributed by atoms with E-state index in [0.29, 0.717) is 23.8 Å². The van der Waals surface area contributed by atoms with E-state index in [-0.39, 0.29) is 17.2 Å². The van der Waals surface area contributed by atoms with Crippen molar-refractivity contribution < 1.29 is 4.79 Å². The van der Waals surface area contributed by atoms with E-state index in [1.54, 1.807) is 0 Å². The predicted octanol–water partition coefficient (Wildman–Crippen LogP) is 4.80. The van der Waals surface area contributed by atoms with E-state index >= 15 is 0 Å². The van der Waals surface area contributed by atoms with Crippen LogP contribution in [0.3, 0.4) is 0 Å². The van der Waals surface area contributed by atoms with Crippen LogP contribution >= 0.6 is 0 Å².